The van der Waals surface area contributed by atoms with Crippen molar-refractivity contribution in [1.29, 1.82) is 0 Å². The number of halogens is 1. The van der Waals surface area contributed by atoms with Crippen LogP contribution in [0.15, 0.2) is 36.7 Å². The normalized spacial score (nSPS) is 17.9. The summed E-state index contributed by atoms with van der Waals surface area (Å²) in [7, 11) is 1.83. The van der Waals surface area contributed by atoms with Crippen LogP contribution in [-0.4, -0.2) is 35.5 Å². The van der Waals surface area contributed by atoms with Crippen LogP contribution >= 0.6 is 0 Å². The molecule has 3 rings (SSSR count). The highest BCUT2D eigenvalue weighted by Gasteiger charge is 2.36. The molecule has 1 aromatic heterocycles. The molecule has 2 heterocycles. The summed E-state index contributed by atoms with van der Waals surface area (Å²) in [5.41, 5.74) is 1.18. The maximum Gasteiger partial charge on any atom is 0.249 e. The van der Waals surface area contributed by atoms with Crippen molar-refractivity contribution in [3.05, 3.63) is 48.2 Å². The Hall–Kier alpha value is -2.50. The van der Waals surface area contributed by atoms with Crippen LogP contribution in [0, 0.1) is 12.7 Å². The van der Waals surface area contributed by atoms with Crippen molar-refractivity contribution in [2.75, 3.05) is 23.4 Å². The molecule has 1 aliphatic heterocycles. The molecule has 6 heteroatoms. The number of likely N-dealkylation sites (N-methyl/N-ethyl adjacent to an activating group) is 1. The summed E-state index contributed by atoms with van der Waals surface area (Å²) in [6.45, 7) is 2.37. The van der Waals surface area contributed by atoms with E-state index in [4.69, 9.17) is 0 Å². The van der Waals surface area contributed by atoms with Gasteiger partial charge in [-0.25, -0.2) is 14.4 Å². The van der Waals surface area contributed by atoms with E-state index in [1.54, 1.807) is 18.2 Å². The molecule has 2 aromatic rings. The van der Waals surface area contributed by atoms with Crippen LogP contribution in [0.25, 0.3) is 0 Å². The third-order valence-corrected chi connectivity index (χ3v) is 3.94. The van der Waals surface area contributed by atoms with Crippen molar-refractivity contribution < 1.29 is 9.18 Å². The fourth-order valence-electron chi connectivity index (χ4n) is 2.73. The Morgan fingerprint density at radius 2 is 2.09 bits per heavy atom. The molecular weight excluding hydrogens is 283 g/mol. The first kappa shape index (κ1) is 14.4. The molecule has 0 aliphatic carbocycles. The summed E-state index contributed by atoms with van der Waals surface area (Å²) in [6.07, 6.45) is 2.11. The SMILES string of the molecule is Cc1cc(N(C)C2CCN(c3ccccc3F)C2=O)ncn1. The van der Waals surface area contributed by atoms with E-state index in [-0.39, 0.29) is 17.8 Å². The molecule has 1 atom stereocenters. The van der Waals surface area contributed by atoms with Crippen molar-refractivity contribution >= 4 is 17.4 Å². The van der Waals surface area contributed by atoms with Gasteiger partial charge in [-0.2, -0.15) is 0 Å². The van der Waals surface area contributed by atoms with E-state index in [1.807, 2.05) is 24.9 Å². The second kappa shape index (κ2) is 5.71. The van der Waals surface area contributed by atoms with E-state index in [1.165, 1.54) is 17.3 Å². The highest BCUT2D eigenvalue weighted by molar-refractivity contribution is 6.01. The summed E-state index contributed by atoms with van der Waals surface area (Å²) < 4.78 is 13.9. The smallest absolute Gasteiger partial charge is 0.249 e. The first-order valence-corrected chi connectivity index (χ1v) is 7.15. The van der Waals surface area contributed by atoms with Gasteiger partial charge in [0.2, 0.25) is 5.91 Å². The average molecular weight is 300 g/mol. The molecule has 1 aliphatic rings. The molecule has 0 bridgehead atoms. The standard InChI is InChI=1S/C16H17FN4O/c1-11-9-15(19-10-18-11)20(2)14-7-8-21(16(14)22)13-6-4-3-5-12(13)17/h3-6,9-10,14H,7-8H2,1-2H3. The molecule has 1 aromatic carbocycles. The zero-order chi connectivity index (χ0) is 15.7. The first-order valence-electron chi connectivity index (χ1n) is 7.15. The average Bonchev–Trinajstić information content (AvgIpc) is 2.88. The first-order chi connectivity index (χ1) is 10.6. The Bertz CT molecular complexity index is 706. The number of para-hydroxylation sites is 1. The maximum atomic E-state index is 13.9. The summed E-state index contributed by atoms with van der Waals surface area (Å²) in [4.78, 5) is 24.2. The van der Waals surface area contributed by atoms with Crippen LogP contribution in [0.4, 0.5) is 15.9 Å². The van der Waals surface area contributed by atoms with Gasteiger partial charge in [0.05, 0.1) is 5.69 Å². The molecule has 0 saturated carbocycles. The fourth-order valence-corrected chi connectivity index (χ4v) is 2.73. The molecule has 114 valence electrons. The van der Waals surface area contributed by atoms with Crippen molar-refractivity contribution in [2.45, 2.75) is 19.4 Å². The van der Waals surface area contributed by atoms with E-state index in [9.17, 15) is 9.18 Å². The zero-order valence-electron chi connectivity index (χ0n) is 12.5. The minimum absolute atomic E-state index is 0.108. The molecule has 5 nitrogen and oxygen atoms in total. The van der Waals surface area contributed by atoms with Gasteiger partial charge in [-0.3, -0.25) is 4.79 Å². The highest BCUT2D eigenvalue weighted by Crippen LogP contribution is 2.27. The van der Waals surface area contributed by atoms with Gasteiger partial charge in [0.15, 0.2) is 0 Å². The van der Waals surface area contributed by atoms with Crippen LogP contribution in [0.2, 0.25) is 0 Å². The summed E-state index contributed by atoms with van der Waals surface area (Å²) in [5.74, 6) is 0.210. The second-order valence-corrected chi connectivity index (χ2v) is 5.37. The van der Waals surface area contributed by atoms with Crippen molar-refractivity contribution in [3.63, 3.8) is 0 Å². The number of benzene rings is 1. The number of hydrogen-bond donors (Lipinski definition) is 0. The molecule has 0 N–H and O–H groups in total. The van der Waals surface area contributed by atoms with Gasteiger partial charge in [-0.05, 0) is 25.5 Å². The van der Waals surface area contributed by atoms with Gasteiger partial charge < -0.3 is 9.80 Å². The summed E-state index contributed by atoms with van der Waals surface area (Å²) in [6, 6.07) is 7.84. The lowest BCUT2D eigenvalue weighted by Crippen LogP contribution is -2.40. The van der Waals surface area contributed by atoms with Crippen molar-refractivity contribution in [1.82, 2.24) is 9.97 Å². The molecule has 22 heavy (non-hydrogen) atoms. The number of anilines is 2. The summed E-state index contributed by atoms with van der Waals surface area (Å²) >= 11 is 0. The third-order valence-electron chi connectivity index (χ3n) is 3.94. The number of aryl methyl sites for hydroxylation is 1. The molecule has 1 amide bonds. The Balaban J connectivity index is 1.83. The predicted octanol–water partition coefficient (Wildman–Crippen LogP) is 2.17. The number of hydrogen-bond acceptors (Lipinski definition) is 4. The van der Waals surface area contributed by atoms with Crippen molar-refractivity contribution in [2.24, 2.45) is 0 Å². The predicted molar refractivity (Wildman–Crippen MR) is 82.3 cm³/mol. The Kier molecular flexibility index (Phi) is 3.75. The Morgan fingerprint density at radius 3 is 2.82 bits per heavy atom. The minimum Gasteiger partial charge on any atom is -0.347 e. The fraction of sp³-hybridized carbons (Fsp3) is 0.312. The summed E-state index contributed by atoms with van der Waals surface area (Å²) in [5, 5.41) is 0. The van der Waals surface area contributed by atoms with Gasteiger partial charge in [-0.15, -0.1) is 0 Å². The molecule has 1 unspecified atom stereocenters. The quantitative estimate of drug-likeness (QED) is 0.871. The molecular formula is C16H17FN4O. The van der Waals surface area contributed by atoms with Crippen LogP contribution in [-0.2, 0) is 4.79 Å². The van der Waals surface area contributed by atoms with Crippen LogP contribution in [0.1, 0.15) is 12.1 Å². The molecule has 0 spiro atoms. The topological polar surface area (TPSA) is 49.3 Å². The number of carbonyl (C=O) groups excluding carboxylic acids is 1. The number of carbonyl (C=O) groups is 1. The number of aromatic nitrogens is 2. The van der Waals surface area contributed by atoms with Gasteiger partial charge in [0.1, 0.15) is 24.0 Å². The van der Waals surface area contributed by atoms with Gasteiger partial charge in [0, 0.05) is 25.4 Å². The maximum absolute atomic E-state index is 13.9. The van der Waals surface area contributed by atoms with Crippen LogP contribution in [0.5, 0.6) is 0 Å². The Labute approximate surface area is 128 Å². The number of rotatable bonds is 3. The van der Waals surface area contributed by atoms with Gasteiger partial charge in [-0.1, -0.05) is 12.1 Å². The van der Waals surface area contributed by atoms with Crippen LogP contribution < -0.4 is 9.80 Å². The minimum atomic E-state index is -0.378. The molecule has 1 saturated heterocycles. The Morgan fingerprint density at radius 1 is 1.32 bits per heavy atom. The van der Waals surface area contributed by atoms with Crippen molar-refractivity contribution in [3.8, 4) is 0 Å². The number of nitrogens with zero attached hydrogens (tertiary/aromatic N) is 4. The van der Waals surface area contributed by atoms with Crippen LogP contribution in [0.3, 0.4) is 0 Å². The van der Waals surface area contributed by atoms with Gasteiger partial charge >= 0.3 is 0 Å². The zero-order valence-corrected chi connectivity index (χ0v) is 12.5. The van der Waals surface area contributed by atoms with E-state index in [2.05, 4.69) is 9.97 Å². The van der Waals surface area contributed by atoms with E-state index in [0.717, 1.165) is 5.69 Å². The number of amides is 1. The lowest BCUT2D eigenvalue weighted by molar-refractivity contribution is -0.118. The lowest BCUT2D eigenvalue weighted by atomic mass is 10.2. The van der Waals surface area contributed by atoms with E-state index in [0.29, 0.717) is 24.5 Å². The molecule has 1 fully saturated rings. The van der Waals surface area contributed by atoms with Gasteiger partial charge in [0.25, 0.3) is 0 Å². The largest absolute Gasteiger partial charge is 0.347 e. The monoisotopic (exact) mass is 300 g/mol. The van der Waals surface area contributed by atoms with E-state index >= 15 is 0 Å². The lowest BCUT2D eigenvalue weighted by Gasteiger charge is -2.25. The third kappa shape index (κ3) is 2.52. The van der Waals surface area contributed by atoms with E-state index < -0.39 is 0 Å². The second-order valence-electron chi connectivity index (χ2n) is 5.37. The molecule has 0 radical (unpaired) electrons. The highest BCUT2D eigenvalue weighted by atomic mass is 19.1.